The summed E-state index contributed by atoms with van der Waals surface area (Å²) in [5, 5.41) is 69.2. The Hall–Kier alpha value is -2.44. The van der Waals surface area contributed by atoms with E-state index in [1.54, 1.807) is 0 Å². The third-order valence-corrected chi connectivity index (χ3v) is 3.42. The molecular formula is C24H56N4O12. The monoisotopic (exact) mass is 592 g/mol. The Bertz CT molecular complexity index is 536. The lowest BCUT2D eigenvalue weighted by molar-refractivity contribution is -0.870. The van der Waals surface area contributed by atoms with Gasteiger partial charge in [0.25, 0.3) is 0 Å². The van der Waals surface area contributed by atoms with Crippen molar-refractivity contribution in [2.24, 2.45) is 0 Å². The zero-order chi connectivity index (χ0) is 34.0. The molecule has 0 rings (SSSR count). The maximum Gasteiger partial charge on any atom is 0.101 e. The van der Waals surface area contributed by atoms with Crippen molar-refractivity contribution in [1.29, 1.82) is 0 Å². The van der Waals surface area contributed by atoms with Gasteiger partial charge in [-0.1, -0.05) is 0 Å². The second-order valence-electron chi connectivity index (χ2n) is 12.1. The molecule has 0 fully saturated rings. The number of rotatable bonds is 8. The van der Waals surface area contributed by atoms with Crippen molar-refractivity contribution < 1.29 is 78.0 Å². The Morgan fingerprint density at radius 2 is 0.475 bits per heavy atom. The van der Waals surface area contributed by atoms with Gasteiger partial charge in [-0.15, -0.1) is 0 Å². The minimum absolute atomic E-state index is 0.281. The van der Waals surface area contributed by atoms with E-state index in [1.165, 1.54) is 0 Å². The summed E-state index contributed by atoms with van der Waals surface area (Å²) in [5.74, 6) is -8.74. The number of carboxylic acid groups (broad SMARTS) is 4. The van der Waals surface area contributed by atoms with Crippen LogP contribution >= 0.6 is 0 Å². The molecule has 0 aromatic rings. The molecule has 0 unspecified atom stereocenters. The molecule has 0 saturated heterocycles. The maximum absolute atomic E-state index is 8.93. The van der Waals surface area contributed by atoms with Crippen molar-refractivity contribution in [3.05, 3.63) is 0 Å². The van der Waals surface area contributed by atoms with Crippen molar-refractivity contribution in [2.45, 2.75) is 0 Å². The predicted molar refractivity (Wildman–Crippen MR) is 140 cm³/mol. The van der Waals surface area contributed by atoms with Crippen LogP contribution in [0.4, 0.5) is 0 Å². The van der Waals surface area contributed by atoms with Gasteiger partial charge >= 0.3 is 0 Å². The number of hydrogen-bond acceptors (Lipinski definition) is 12. The normalized spacial score (nSPS) is 10.6. The number of likely N-dealkylation sites (N-methyl/N-ethyl adjacent to an activating group) is 4. The molecule has 0 heterocycles. The quantitative estimate of drug-likeness (QED) is 0.152. The Balaban J connectivity index is -0.0000000868. The Morgan fingerprint density at radius 3 is 0.475 bits per heavy atom. The molecule has 16 nitrogen and oxygen atoms in total. The number of aliphatic hydroxyl groups excluding tert-OH is 4. The molecule has 0 aliphatic carbocycles. The fraction of sp³-hybridized carbons (Fsp3) is 0.833. The highest BCUT2D eigenvalue weighted by Crippen LogP contribution is 1.86. The van der Waals surface area contributed by atoms with Gasteiger partial charge < -0.3 is 78.0 Å². The van der Waals surface area contributed by atoms with Gasteiger partial charge in [0.15, 0.2) is 0 Å². The van der Waals surface area contributed by atoms with E-state index in [1.807, 2.05) is 0 Å². The number of nitrogens with zero attached hydrogens (tertiary/aromatic N) is 4. The third-order valence-electron chi connectivity index (χ3n) is 3.42. The van der Waals surface area contributed by atoms with Gasteiger partial charge in [-0.2, -0.15) is 0 Å². The van der Waals surface area contributed by atoms with Crippen LogP contribution in [0.1, 0.15) is 0 Å². The zero-order valence-corrected chi connectivity index (χ0v) is 26.5. The lowest BCUT2D eigenvalue weighted by Crippen LogP contribution is -2.42. The molecule has 0 aliphatic rings. The number of quaternary nitrogens is 4. The van der Waals surface area contributed by atoms with Gasteiger partial charge in [0, 0.05) is 0 Å². The summed E-state index contributed by atoms with van der Waals surface area (Å²) in [7, 11) is 24.6. The highest BCUT2D eigenvalue weighted by atomic mass is 16.4. The summed E-state index contributed by atoms with van der Waals surface area (Å²) < 4.78 is 3.38. The van der Waals surface area contributed by atoms with E-state index >= 15 is 0 Å². The van der Waals surface area contributed by atoms with Gasteiger partial charge in [-0.25, -0.2) is 0 Å². The molecule has 244 valence electrons. The highest BCUT2D eigenvalue weighted by Gasteiger charge is 2.04. The van der Waals surface area contributed by atoms with Crippen LogP contribution < -0.4 is 20.4 Å². The second-order valence-corrected chi connectivity index (χ2v) is 12.1. The van der Waals surface area contributed by atoms with Crippen LogP contribution in [-0.4, -0.2) is 199 Å². The first-order valence-corrected chi connectivity index (χ1v) is 12.0. The smallest absolute Gasteiger partial charge is 0.101 e. The predicted octanol–water partition coefficient (Wildman–Crippen LogP) is -8.29. The van der Waals surface area contributed by atoms with E-state index in [4.69, 9.17) is 60.0 Å². The summed E-state index contributed by atoms with van der Waals surface area (Å²) >= 11 is 0. The van der Waals surface area contributed by atoms with Crippen LogP contribution in [0, 0.1) is 0 Å². The molecule has 0 atom stereocenters. The molecule has 16 heteroatoms. The average molecular weight is 593 g/mol. The molecule has 0 aliphatic heterocycles. The van der Waals surface area contributed by atoms with Gasteiger partial charge in [0.05, 0.1) is 135 Å². The Kier molecular flexibility index (Phi) is 33.7. The molecular weight excluding hydrogens is 536 g/mol. The van der Waals surface area contributed by atoms with E-state index < -0.39 is 23.9 Å². The maximum atomic E-state index is 8.93. The van der Waals surface area contributed by atoms with Gasteiger partial charge in [0.1, 0.15) is 26.2 Å². The first-order valence-electron chi connectivity index (χ1n) is 12.0. The summed E-state index contributed by atoms with van der Waals surface area (Å²) in [4.78, 5) is 35.7. The van der Waals surface area contributed by atoms with E-state index in [2.05, 4.69) is 84.6 Å². The summed E-state index contributed by atoms with van der Waals surface area (Å²) in [6.45, 7) is 4.46. The molecule has 0 bridgehead atoms. The van der Waals surface area contributed by atoms with E-state index in [-0.39, 0.29) is 26.4 Å². The topological polar surface area (TPSA) is 241 Å². The van der Waals surface area contributed by atoms with E-state index in [0.717, 1.165) is 44.1 Å². The van der Waals surface area contributed by atoms with Crippen molar-refractivity contribution in [2.75, 3.05) is 137 Å². The molecule has 0 amide bonds. The molecule has 4 N–H and O–H groups in total. The minimum Gasteiger partial charge on any atom is -0.543 e. The molecule has 40 heavy (non-hydrogen) atoms. The van der Waals surface area contributed by atoms with E-state index in [0.29, 0.717) is 0 Å². The lowest BCUT2D eigenvalue weighted by atomic mass is 10.5. The van der Waals surface area contributed by atoms with Crippen molar-refractivity contribution in [3.63, 3.8) is 0 Å². The number of hydrogen-bond donors (Lipinski definition) is 4. The Labute approximate surface area is 239 Å². The van der Waals surface area contributed by atoms with Crippen LogP contribution in [-0.2, 0) is 19.2 Å². The number of carbonyl (C=O) groups excluding carboxylic acids is 4. The fourth-order valence-corrected chi connectivity index (χ4v) is 1.20. The molecule has 0 spiro atoms. The average Bonchev–Trinajstić information content (AvgIpc) is 2.66. The number of aliphatic hydroxyl groups is 4. The number of aliphatic carboxylic acids is 4. The molecule has 0 aromatic heterocycles. The number of carboxylic acids is 4. The number of carbonyl (C=O) groups is 4. The Morgan fingerprint density at radius 1 is 0.375 bits per heavy atom. The van der Waals surface area contributed by atoms with E-state index in [9.17, 15) is 0 Å². The van der Waals surface area contributed by atoms with Crippen molar-refractivity contribution in [3.8, 4) is 0 Å². The first-order chi connectivity index (χ1) is 17.5. The largest absolute Gasteiger partial charge is 0.543 e. The molecule has 0 saturated carbocycles. The van der Waals surface area contributed by atoms with Crippen LogP contribution in [0.5, 0.6) is 0 Å². The van der Waals surface area contributed by atoms with Gasteiger partial charge in [-0.3, -0.25) is 0 Å². The van der Waals surface area contributed by atoms with Crippen LogP contribution in [0.15, 0.2) is 0 Å². The van der Waals surface area contributed by atoms with Crippen molar-refractivity contribution in [1.82, 2.24) is 0 Å². The standard InChI is InChI=1S/4C5H14NO.2C2H2O4/c4*1-6(2,3)4-5-7;2*3-1(4)2(5)6/h4*7H,4-5H2,1-3H3;2*(H,3,4)(H,5,6)/q4*+1;;/p-4. The van der Waals surface area contributed by atoms with Crippen LogP contribution in [0.3, 0.4) is 0 Å². The SMILES string of the molecule is C[N+](C)(C)CCO.C[N+](C)(C)CCO.C[N+](C)(C)CCO.C[N+](C)(C)CCO.O=C([O-])C(=O)[O-].O=C([O-])C(=O)[O-]. The third kappa shape index (κ3) is 91.4. The van der Waals surface area contributed by atoms with Gasteiger partial charge in [-0.05, 0) is 0 Å². The molecule has 0 radical (unpaired) electrons. The van der Waals surface area contributed by atoms with Crippen molar-refractivity contribution >= 4 is 23.9 Å². The fourth-order valence-electron chi connectivity index (χ4n) is 1.20. The summed E-state index contributed by atoms with van der Waals surface area (Å²) in [6.07, 6.45) is 0. The lowest BCUT2D eigenvalue weighted by Gasteiger charge is -2.21. The summed E-state index contributed by atoms with van der Waals surface area (Å²) in [6, 6.07) is 0. The van der Waals surface area contributed by atoms with Crippen LogP contribution in [0.25, 0.3) is 0 Å². The zero-order valence-electron chi connectivity index (χ0n) is 26.5. The van der Waals surface area contributed by atoms with Gasteiger partial charge in [0.2, 0.25) is 0 Å². The minimum atomic E-state index is -2.19. The molecule has 0 aromatic carbocycles. The first kappa shape index (κ1) is 50.4. The summed E-state index contributed by atoms with van der Waals surface area (Å²) in [5.41, 5.74) is 0. The second kappa shape index (κ2) is 26.8. The highest BCUT2D eigenvalue weighted by molar-refractivity contribution is 6.25. The van der Waals surface area contributed by atoms with Crippen LogP contribution in [0.2, 0.25) is 0 Å².